The third kappa shape index (κ3) is 6.21. The number of carbonyl (C=O) groups excluding carboxylic acids is 2. The number of nitrogens with one attached hydrogen (secondary N) is 1. The maximum atomic E-state index is 12.5. The van der Waals surface area contributed by atoms with E-state index in [0.717, 1.165) is 31.6 Å². The van der Waals surface area contributed by atoms with Gasteiger partial charge in [-0.15, -0.1) is 0 Å². The van der Waals surface area contributed by atoms with Crippen molar-refractivity contribution in [2.75, 3.05) is 39.3 Å². The van der Waals surface area contributed by atoms with Crippen LogP contribution < -0.4 is 5.32 Å². The number of benzene rings is 2. The van der Waals surface area contributed by atoms with Crippen LogP contribution in [0.5, 0.6) is 0 Å². The Morgan fingerprint density at radius 3 is 2.53 bits per heavy atom. The molecule has 34 heavy (non-hydrogen) atoms. The number of aromatic nitrogens is 2. The van der Waals surface area contributed by atoms with E-state index >= 15 is 0 Å². The monoisotopic (exact) mass is 481 g/mol. The number of rotatable bonds is 8. The summed E-state index contributed by atoms with van der Waals surface area (Å²) >= 11 is 6.04. The molecule has 2 heterocycles. The Morgan fingerprint density at radius 2 is 1.79 bits per heavy atom. The van der Waals surface area contributed by atoms with Crippen molar-refractivity contribution in [3.8, 4) is 11.4 Å². The maximum absolute atomic E-state index is 12.5. The standard InChI is InChI=1S/C25H28ClN5O3/c1-18-8-10-19(11-9-18)24-28-22(34-29-24)7-4-12-30-13-15-31(16-14-30)23(32)17-27-25(33)20-5-2-3-6-21(20)26/h2-3,5-6,8-11H,4,7,12-17H2,1H3,(H,27,33). The van der Waals surface area contributed by atoms with Gasteiger partial charge in [0.1, 0.15) is 0 Å². The van der Waals surface area contributed by atoms with Crippen molar-refractivity contribution in [2.45, 2.75) is 19.8 Å². The van der Waals surface area contributed by atoms with Gasteiger partial charge in [0.05, 0.1) is 17.1 Å². The van der Waals surface area contributed by atoms with Gasteiger partial charge < -0.3 is 14.7 Å². The highest BCUT2D eigenvalue weighted by Gasteiger charge is 2.22. The van der Waals surface area contributed by atoms with E-state index in [2.05, 4.69) is 20.4 Å². The van der Waals surface area contributed by atoms with Crippen molar-refractivity contribution < 1.29 is 14.1 Å². The van der Waals surface area contributed by atoms with E-state index in [1.165, 1.54) is 5.56 Å². The zero-order valence-electron chi connectivity index (χ0n) is 19.2. The molecule has 3 aromatic rings. The fourth-order valence-electron chi connectivity index (χ4n) is 3.86. The third-order valence-electron chi connectivity index (χ3n) is 5.89. The number of hydrogen-bond acceptors (Lipinski definition) is 6. The minimum atomic E-state index is -0.343. The van der Waals surface area contributed by atoms with Crippen LogP contribution in [-0.4, -0.2) is 71.0 Å². The van der Waals surface area contributed by atoms with Crippen molar-refractivity contribution in [3.63, 3.8) is 0 Å². The van der Waals surface area contributed by atoms with Crippen molar-refractivity contribution in [1.82, 2.24) is 25.3 Å². The Hall–Kier alpha value is -3.23. The lowest BCUT2D eigenvalue weighted by Crippen LogP contribution is -2.51. The molecule has 2 amide bonds. The average molecular weight is 482 g/mol. The van der Waals surface area contributed by atoms with Crippen LogP contribution >= 0.6 is 11.6 Å². The first-order valence-corrected chi connectivity index (χ1v) is 11.8. The maximum Gasteiger partial charge on any atom is 0.253 e. The fourth-order valence-corrected chi connectivity index (χ4v) is 4.08. The summed E-state index contributed by atoms with van der Waals surface area (Å²) in [5.74, 6) is 0.820. The molecule has 1 aliphatic heterocycles. The van der Waals surface area contributed by atoms with E-state index in [-0.39, 0.29) is 18.4 Å². The van der Waals surface area contributed by atoms with Crippen LogP contribution in [0.3, 0.4) is 0 Å². The van der Waals surface area contributed by atoms with Crippen LogP contribution in [0, 0.1) is 6.92 Å². The molecule has 0 atom stereocenters. The van der Waals surface area contributed by atoms with Gasteiger partial charge in [-0.3, -0.25) is 14.5 Å². The molecule has 0 unspecified atom stereocenters. The van der Waals surface area contributed by atoms with Crippen LogP contribution in [0.2, 0.25) is 5.02 Å². The molecule has 0 radical (unpaired) electrons. The SMILES string of the molecule is Cc1ccc(-c2noc(CCCN3CCN(C(=O)CNC(=O)c4ccccc4Cl)CC3)n2)cc1. The Morgan fingerprint density at radius 1 is 1.06 bits per heavy atom. The van der Waals surface area contributed by atoms with Gasteiger partial charge >= 0.3 is 0 Å². The van der Waals surface area contributed by atoms with Crippen LogP contribution in [0.4, 0.5) is 0 Å². The summed E-state index contributed by atoms with van der Waals surface area (Å²) in [7, 11) is 0. The normalized spacial score (nSPS) is 14.2. The molecular weight excluding hydrogens is 454 g/mol. The van der Waals surface area contributed by atoms with Crippen LogP contribution in [0.25, 0.3) is 11.4 Å². The predicted octanol–water partition coefficient (Wildman–Crippen LogP) is 3.21. The van der Waals surface area contributed by atoms with Crippen LogP contribution in [-0.2, 0) is 11.2 Å². The number of amides is 2. The van der Waals surface area contributed by atoms with Gasteiger partial charge in [-0.05, 0) is 32.0 Å². The number of nitrogens with zero attached hydrogens (tertiary/aromatic N) is 4. The van der Waals surface area contributed by atoms with Gasteiger partial charge in [-0.25, -0.2) is 0 Å². The first-order chi connectivity index (χ1) is 16.5. The Kier molecular flexibility index (Phi) is 7.92. The molecule has 0 spiro atoms. The van der Waals surface area contributed by atoms with Gasteiger partial charge in [0.15, 0.2) is 0 Å². The summed E-state index contributed by atoms with van der Waals surface area (Å²) in [5, 5.41) is 7.12. The molecule has 1 fully saturated rings. The molecule has 178 valence electrons. The molecule has 0 saturated carbocycles. The molecule has 0 aliphatic carbocycles. The van der Waals surface area contributed by atoms with Crippen LogP contribution in [0.1, 0.15) is 28.2 Å². The summed E-state index contributed by atoms with van der Waals surface area (Å²) in [4.78, 5) is 33.3. The summed E-state index contributed by atoms with van der Waals surface area (Å²) in [6.07, 6.45) is 1.61. The summed E-state index contributed by atoms with van der Waals surface area (Å²) in [6.45, 7) is 5.77. The molecule has 1 N–H and O–H groups in total. The van der Waals surface area contributed by atoms with Gasteiger partial charge in [0.2, 0.25) is 17.6 Å². The highest BCUT2D eigenvalue weighted by atomic mass is 35.5. The first-order valence-electron chi connectivity index (χ1n) is 11.4. The third-order valence-corrected chi connectivity index (χ3v) is 6.22. The molecule has 1 aromatic heterocycles. The molecule has 1 aliphatic rings. The topological polar surface area (TPSA) is 91.6 Å². The lowest BCUT2D eigenvalue weighted by molar-refractivity contribution is -0.131. The van der Waals surface area contributed by atoms with Gasteiger partial charge in [-0.2, -0.15) is 4.98 Å². The van der Waals surface area contributed by atoms with E-state index in [4.69, 9.17) is 16.1 Å². The van der Waals surface area contributed by atoms with E-state index in [1.807, 2.05) is 31.2 Å². The van der Waals surface area contributed by atoms with E-state index in [9.17, 15) is 9.59 Å². The quantitative estimate of drug-likeness (QED) is 0.531. The Bertz CT molecular complexity index is 1120. The number of carbonyl (C=O) groups is 2. The van der Waals surface area contributed by atoms with Crippen LogP contribution in [0.15, 0.2) is 53.1 Å². The van der Waals surface area contributed by atoms with E-state index in [0.29, 0.717) is 41.8 Å². The minimum absolute atomic E-state index is 0.0372. The largest absolute Gasteiger partial charge is 0.343 e. The highest BCUT2D eigenvalue weighted by molar-refractivity contribution is 6.33. The molecule has 8 nitrogen and oxygen atoms in total. The van der Waals surface area contributed by atoms with Crippen molar-refractivity contribution in [3.05, 3.63) is 70.6 Å². The summed E-state index contributed by atoms with van der Waals surface area (Å²) in [6, 6.07) is 14.8. The molecule has 4 rings (SSSR count). The average Bonchev–Trinajstić information content (AvgIpc) is 3.32. The second kappa shape index (κ2) is 11.3. The second-order valence-corrected chi connectivity index (χ2v) is 8.77. The molecule has 1 saturated heterocycles. The first kappa shape index (κ1) is 23.9. The smallest absolute Gasteiger partial charge is 0.253 e. The molecular formula is C25H28ClN5O3. The predicted molar refractivity (Wildman–Crippen MR) is 130 cm³/mol. The second-order valence-electron chi connectivity index (χ2n) is 8.37. The lowest BCUT2D eigenvalue weighted by Gasteiger charge is -2.34. The van der Waals surface area contributed by atoms with Gasteiger partial charge in [-0.1, -0.05) is 58.7 Å². The van der Waals surface area contributed by atoms with Gasteiger partial charge in [0.25, 0.3) is 5.91 Å². The molecule has 2 aromatic carbocycles. The number of piperazine rings is 1. The minimum Gasteiger partial charge on any atom is -0.343 e. The lowest BCUT2D eigenvalue weighted by atomic mass is 10.1. The number of halogens is 1. The Labute approximate surface area is 203 Å². The van der Waals surface area contributed by atoms with Crippen molar-refractivity contribution in [1.29, 1.82) is 0 Å². The van der Waals surface area contributed by atoms with E-state index in [1.54, 1.807) is 29.2 Å². The molecule has 9 heteroatoms. The van der Waals surface area contributed by atoms with Crippen molar-refractivity contribution >= 4 is 23.4 Å². The number of hydrogen-bond donors (Lipinski definition) is 1. The highest BCUT2D eigenvalue weighted by Crippen LogP contribution is 2.17. The Balaban J connectivity index is 1.15. The zero-order chi connectivity index (χ0) is 23.9. The van der Waals surface area contributed by atoms with Crippen molar-refractivity contribution in [2.24, 2.45) is 0 Å². The fraction of sp³-hybridized carbons (Fsp3) is 0.360. The molecule has 0 bridgehead atoms. The zero-order valence-corrected chi connectivity index (χ0v) is 19.9. The van der Waals surface area contributed by atoms with Gasteiger partial charge in [0, 0.05) is 38.2 Å². The number of aryl methyl sites for hydroxylation is 2. The summed E-state index contributed by atoms with van der Waals surface area (Å²) < 4.78 is 5.40. The summed E-state index contributed by atoms with van der Waals surface area (Å²) in [5.41, 5.74) is 2.51. The van der Waals surface area contributed by atoms with E-state index < -0.39 is 0 Å².